The third-order valence-corrected chi connectivity index (χ3v) is 5.45. The first-order valence-electron chi connectivity index (χ1n) is 10.5. The van der Waals surface area contributed by atoms with Crippen molar-refractivity contribution in [2.24, 2.45) is 0 Å². The molecule has 0 amide bonds. The smallest absolute Gasteiger partial charge is 0.108 e. The predicted molar refractivity (Wildman–Crippen MR) is 111 cm³/mol. The Morgan fingerprint density at radius 1 is 0.815 bits per heavy atom. The molecule has 0 aromatic heterocycles. The van der Waals surface area contributed by atoms with Gasteiger partial charge in [0.05, 0.1) is 6.10 Å². The lowest BCUT2D eigenvalue weighted by Gasteiger charge is -2.34. The Balaban J connectivity index is 1.51. The molecule has 0 saturated carbocycles. The van der Waals surface area contributed by atoms with Gasteiger partial charge in [-0.1, -0.05) is 73.5 Å². The van der Waals surface area contributed by atoms with E-state index in [2.05, 4.69) is 65.6 Å². The van der Waals surface area contributed by atoms with Crippen LogP contribution >= 0.6 is 0 Å². The monoisotopic (exact) mass is 367 g/mol. The largest absolute Gasteiger partial charge is 0.396 e. The van der Waals surface area contributed by atoms with Crippen LogP contribution in [0.25, 0.3) is 0 Å². The molecule has 1 aliphatic rings. The van der Waals surface area contributed by atoms with Crippen LogP contribution in [0.5, 0.6) is 0 Å². The number of unbranched alkanes of at least 4 members (excludes halogenated alkanes) is 3. The second-order valence-electron chi connectivity index (χ2n) is 7.52. The van der Waals surface area contributed by atoms with Crippen LogP contribution in [-0.4, -0.2) is 42.4 Å². The summed E-state index contributed by atoms with van der Waals surface area (Å²) >= 11 is 0. The molecule has 3 nitrogen and oxygen atoms in total. The van der Waals surface area contributed by atoms with Crippen molar-refractivity contribution in [2.45, 2.75) is 50.7 Å². The van der Waals surface area contributed by atoms with Gasteiger partial charge in [-0.25, -0.2) is 0 Å². The lowest BCUT2D eigenvalue weighted by atomic mass is 10.00. The number of rotatable bonds is 10. The highest BCUT2D eigenvalue weighted by atomic mass is 16.5. The number of piperidine rings is 1. The molecule has 0 unspecified atom stereocenters. The number of ether oxygens (including phenoxy) is 1. The van der Waals surface area contributed by atoms with Gasteiger partial charge in [0.15, 0.2) is 0 Å². The Morgan fingerprint density at radius 2 is 1.37 bits per heavy atom. The minimum atomic E-state index is 0.0161. The second kappa shape index (κ2) is 11.2. The van der Waals surface area contributed by atoms with E-state index in [0.29, 0.717) is 12.7 Å². The molecule has 1 fully saturated rings. The fraction of sp³-hybridized carbons (Fsp3) is 0.500. The quantitative estimate of drug-likeness (QED) is 0.612. The molecule has 0 bridgehead atoms. The topological polar surface area (TPSA) is 32.7 Å². The van der Waals surface area contributed by atoms with Gasteiger partial charge >= 0.3 is 0 Å². The van der Waals surface area contributed by atoms with Crippen LogP contribution in [0.3, 0.4) is 0 Å². The van der Waals surface area contributed by atoms with Crippen LogP contribution < -0.4 is 0 Å². The standard InChI is InChI=1S/C24H33NO2/c26-20-10-2-1-9-17-25-18-15-23(16-19-25)27-24(21-11-5-3-6-12-21)22-13-7-4-8-14-22/h3-8,11-14,23-24,26H,1-2,9-10,15-20H2. The minimum Gasteiger partial charge on any atom is -0.396 e. The number of hydrogen-bond acceptors (Lipinski definition) is 3. The lowest BCUT2D eigenvalue weighted by molar-refractivity contribution is -0.0271. The number of benzene rings is 2. The van der Waals surface area contributed by atoms with E-state index in [0.717, 1.165) is 38.8 Å². The summed E-state index contributed by atoms with van der Waals surface area (Å²) in [6.45, 7) is 3.76. The molecular weight excluding hydrogens is 334 g/mol. The molecule has 0 spiro atoms. The van der Waals surface area contributed by atoms with Crippen LogP contribution in [-0.2, 0) is 4.74 Å². The van der Waals surface area contributed by atoms with Gasteiger partial charge in [0, 0.05) is 19.7 Å². The zero-order valence-electron chi connectivity index (χ0n) is 16.3. The molecule has 27 heavy (non-hydrogen) atoms. The molecule has 3 rings (SSSR count). The van der Waals surface area contributed by atoms with Gasteiger partial charge in [-0.05, 0) is 43.4 Å². The van der Waals surface area contributed by atoms with Crippen molar-refractivity contribution >= 4 is 0 Å². The number of aliphatic hydroxyl groups is 1. The van der Waals surface area contributed by atoms with Gasteiger partial charge in [-0.15, -0.1) is 0 Å². The van der Waals surface area contributed by atoms with E-state index in [-0.39, 0.29) is 6.10 Å². The average molecular weight is 368 g/mol. The predicted octanol–water partition coefficient (Wildman–Crippen LogP) is 4.81. The average Bonchev–Trinajstić information content (AvgIpc) is 2.74. The summed E-state index contributed by atoms with van der Waals surface area (Å²) in [7, 11) is 0. The van der Waals surface area contributed by atoms with Crippen molar-refractivity contribution in [3.05, 3.63) is 71.8 Å². The van der Waals surface area contributed by atoms with Crippen molar-refractivity contribution in [3.8, 4) is 0 Å². The van der Waals surface area contributed by atoms with Crippen molar-refractivity contribution in [1.29, 1.82) is 0 Å². The fourth-order valence-corrected chi connectivity index (χ4v) is 3.87. The first-order chi connectivity index (χ1) is 13.4. The van der Waals surface area contributed by atoms with E-state index in [1.807, 2.05) is 0 Å². The summed E-state index contributed by atoms with van der Waals surface area (Å²) in [4.78, 5) is 2.57. The molecular formula is C24H33NO2. The molecule has 0 atom stereocenters. The van der Waals surface area contributed by atoms with Gasteiger partial charge in [0.1, 0.15) is 6.10 Å². The van der Waals surface area contributed by atoms with E-state index in [4.69, 9.17) is 9.84 Å². The number of likely N-dealkylation sites (tertiary alicyclic amines) is 1. The third-order valence-electron chi connectivity index (χ3n) is 5.45. The van der Waals surface area contributed by atoms with Crippen molar-refractivity contribution in [1.82, 2.24) is 4.90 Å². The number of nitrogens with zero attached hydrogens (tertiary/aromatic N) is 1. The third kappa shape index (κ3) is 6.46. The van der Waals surface area contributed by atoms with Crippen LogP contribution in [0.1, 0.15) is 55.8 Å². The second-order valence-corrected chi connectivity index (χ2v) is 7.52. The van der Waals surface area contributed by atoms with Crippen LogP contribution in [0.15, 0.2) is 60.7 Å². The number of hydrogen-bond donors (Lipinski definition) is 1. The molecule has 0 aliphatic carbocycles. The summed E-state index contributed by atoms with van der Waals surface area (Å²) < 4.78 is 6.61. The van der Waals surface area contributed by atoms with E-state index in [1.165, 1.54) is 30.5 Å². The van der Waals surface area contributed by atoms with Gasteiger partial charge in [0.2, 0.25) is 0 Å². The first kappa shape index (κ1) is 20.1. The van der Waals surface area contributed by atoms with Gasteiger partial charge in [-0.2, -0.15) is 0 Å². The summed E-state index contributed by atoms with van der Waals surface area (Å²) in [5.74, 6) is 0. The van der Waals surface area contributed by atoms with Crippen molar-refractivity contribution in [3.63, 3.8) is 0 Å². The van der Waals surface area contributed by atoms with E-state index in [1.54, 1.807) is 0 Å². The van der Waals surface area contributed by atoms with Gasteiger partial charge in [-0.3, -0.25) is 0 Å². The van der Waals surface area contributed by atoms with Crippen LogP contribution in [0.2, 0.25) is 0 Å². The molecule has 1 aliphatic heterocycles. The molecule has 1 N–H and O–H groups in total. The van der Waals surface area contributed by atoms with Crippen molar-refractivity contribution < 1.29 is 9.84 Å². The Labute approximate surface area is 164 Å². The normalized spacial score (nSPS) is 16.1. The first-order valence-corrected chi connectivity index (χ1v) is 10.5. The Morgan fingerprint density at radius 3 is 1.93 bits per heavy atom. The zero-order chi connectivity index (χ0) is 18.7. The summed E-state index contributed by atoms with van der Waals surface area (Å²) in [6.07, 6.45) is 7.09. The fourth-order valence-electron chi connectivity index (χ4n) is 3.87. The highest BCUT2D eigenvalue weighted by Gasteiger charge is 2.24. The minimum absolute atomic E-state index is 0.0161. The van der Waals surface area contributed by atoms with E-state index >= 15 is 0 Å². The van der Waals surface area contributed by atoms with Gasteiger partial charge < -0.3 is 14.7 Å². The molecule has 3 heteroatoms. The van der Waals surface area contributed by atoms with Gasteiger partial charge in [0.25, 0.3) is 0 Å². The maximum atomic E-state index is 8.86. The Bertz CT molecular complexity index is 584. The zero-order valence-corrected chi connectivity index (χ0v) is 16.3. The molecule has 0 radical (unpaired) electrons. The highest BCUT2D eigenvalue weighted by Crippen LogP contribution is 2.30. The molecule has 2 aromatic rings. The van der Waals surface area contributed by atoms with Crippen molar-refractivity contribution in [2.75, 3.05) is 26.2 Å². The molecule has 1 saturated heterocycles. The number of aliphatic hydroxyl groups excluding tert-OH is 1. The molecule has 2 aromatic carbocycles. The lowest BCUT2D eigenvalue weighted by Crippen LogP contribution is -2.38. The highest BCUT2D eigenvalue weighted by molar-refractivity contribution is 5.30. The summed E-state index contributed by atoms with van der Waals surface area (Å²) in [6, 6.07) is 21.1. The molecule has 1 heterocycles. The summed E-state index contributed by atoms with van der Waals surface area (Å²) in [5, 5.41) is 8.86. The SMILES string of the molecule is OCCCCCCN1CCC(OC(c2ccccc2)c2ccccc2)CC1. The van der Waals surface area contributed by atoms with Crippen LogP contribution in [0, 0.1) is 0 Å². The maximum absolute atomic E-state index is 8.86. The molecule has 146 valence electrons. The van der Waals surface area contributed by atoms with Crippen LogP contribution in [0.4, 0.5) is 0 Å². The maximum Gasteiger partial charge on any atom is 0.108 e. The van der Waals surface area contributed by atoms with E-state index < -0.39 is 0 Å². The Hall–Kier alpha value is -1.68. The summed E-state index contributed by atoms with van der Waals surface area (Å²) in [5.41, 5.74) is 2.46. The Kier molecular flexibility index (Phi) is 8.34. The van der Waals surface area contributed by atoms with E-state index in [9.17, 15) is 0 Å².